The monoisotopic (exact) mass is 466 g/mol. The number of hydrogen-bond donors (Lipinski definition) is 1. The van der Waals surface area contributed by atoms with E-state index in [1.54, 1.807) is 12.1 Å². The van der Waals surface area contributed by atoms with Crippen molar-refractivity contribution in [1.82, 2.24) is 19.9 Å². The Hall–Kier alpha value is -3.92. The van der Waals surface area contributed by atoms with Gasteiger partial charge in [-0.2, -0.15) is 9.61 Å². The van der Waals surface area contributed by atoms with Crippen LogP contribution in [-0.4, -0.2) is 41.8 Å². The summed E-state index contributed by atoms with van der Waals surface area (Å²) in [5.41, 5.74) is 2.46. The highest BCUT2D eigenvalue weighted by atomic mass is 32.1. The maximum absolute atomic E-state index is 12.7. The topological polar surface area (TPSA) is 104 Å². The van der Waals surface area contributed by atoms with Crippen LogP contribution in [0.1, 0.15) is 21.6 Å². The molecule has 33 heavy (non-hydrogen) atoms. The summed E-state index contributed by atoms with van der Waals surface area (Å²) in [4.78, 5) is 30.3. The third-order valence-corrected chi connectivity index (χ3v) is 5.88. The number of fused-ring (bicyclic) bond motifs is 1. The van der Waals surface area contributed by atoms with Crippen LogP contribution in [0.5, 0.6) is 17.2 Å². The van der Waals surface area contributed by atoms with Crippen LogP contribution in [0.2, 0.25) is 0 Å². The van der Waals surface area contributed by atoms with Crippen LogP contribution in [0.25, 0.3) is 15.5 Å². The molecule has 0 bridgehead atoms. The van der Waals surface area contributed by atoms with E-state index in [4.69, 9.17) is 14.2 Å². The number of hydrogen-bond acceptors (Lipinski definition) is 8. The van der Waals surface area contributed by atoms with Crippen molar-refractivity contribution in [3.63, 3.8) is 0 Å². The van der Waals surface area contributed by atoms with Crippen LogP contribution in [0.3, 0.4) is 0 Å². The minimum Gasteiger partial charge on any atom is -0.493 e. The largest absolute Gasteiger partial charge is 0.493 e. The maximum Gasteiger partial charge on any atom is 0.275 e. The Morgan fingerprint density at radius 2 is 1.79 bits per heavy atom. The third-order valence-electron chi connectivity index (χ3n) is 4.92. The lowest BCUT2D eigenvalue weighted by Gasteiger charge is -2.14. The number of ether oxygens (including phenoxy) is 3. The quantitative estimate of drug-likeness (QED) is 0.446. The van der Waals surface area contributed by atoms with Crippen molar-refractivity contribution in [2.75, 3.05) is 21.3 Å². The number of benzene rings is 2. The van der Waals surface area contributed by atoms with Crippen molar-refractivity contribution >= 4 is 22.2 Å². The Labute approximate surface area is 193 Å². The molecule has 1 amide bonds. The van der Waals surface area contributed by atoms with E-state index in [0.717, 1.165) is 11.1 Å². The zero-order chi connectivity index (χ0) is 23.5. The molecule has 1 N–H and O–H groups in total. The minimum absolute atomic E-state index is 0.0684. The summed E-state index contributed by atoms with van der Waals surface area (Å²) < 4.78 is 17.1. The summed E-state index contributed by atoms with van der Waals surface area (Å²) >= 11 is 1.31. The average molecular weight is 467 g/mol. The van der Waals surface area contributed by atoms with E-state index in [9.17, 15) is 9.59 Å². The van der Waals surface area contributed by atoms with Gasteiger partial charge in [0.15, 0.2) is 11.5 Å². The van der Waals surface area contributed by atoms with Crippen molar-refractivity contribution in [3.8, 4) is 27.8 Å². The average Bonchev–Trinajstić information content (AvgIpc) is 3.26. The Kier molecular flexibility index (Phi) is 6.27. The molecule has 0 saturated carbocycles. The summed E-state index contributed by atoms with van der Waals surface area (Å²) in [5.74, 6) is 0.758. The number of nitrogens with zero attached hydrogens (tertiary/aromatic N) is 3. The van der Waals surface area contributed by atoms with Gasteiger partial charge in [0.2, 0.25) is 10.7 Å². The van der Waals surface area contributed by atoms with Gasteiger partial charge in [-0.15, -0.1) is 0 Å². The number of rotatable bonds is 7. The predicted molar refractivity (Wildman–Crippen MR) is 125 cm³/mol. The van der Waals surface area contributed by atoms with Gasteiger partial charge in [-0.1, -0.05) is 35.1 Å². The summed E-state index contributed by atoms with van der Waals surface area (Å²) in [6.07, 6.45) is 0. The smallest absolute Gasteiger partial charge is 0.275 e. The number of methoxy groups -OCH3 is 3. The van der Waals surface area contributed by atoms with E-state index in [1.165, 1.54) is 43.2 Å². The van der Waals surface area contributed by atoms with Crippen molar-refractivity contribution in [3.05, 3.63) is 69.6 Å². The van der Waals surface area contributed by atoms with E-state index in [-0.39, 0.29) is 18.0 Å². The second-order valence-corrected chi connectivity index (χ2v) is 8.11. The van der Waals surface area contributed by atoms with Crippen LogP contribution in [-0.2, 0) is 6.54 Å². The first kappa shape index (κ1) is 22.3. The molecule has 0 aliphatic rings. The maximum atomic E-state index is 12.7. The van der Waals surface area contributed by atoms with Crippen molar-refractivity contribution in [1.29, 1.82) is 0 Å². The lowest BCUT2D eigenvalue weighted by molar-refractivity contribution is 0.0949. The molecule has 0 atom stereocenters. The third kappa shape index (κ3) is 4.51. The molecule has 2 aromatic carbocycles. The second-order valence-electron chi connectivity index (χ2n) is 7.15. The molecular weight excluding hydrogens is 444 g/mol. The lowest BCUT2D eigenvalue weighted by atomic mass is 10.1. The Balaban J connectivity index is 1.57. The summed E-state index contributed by atoms with van der Waals surface area (Å²) in [7, 11) is 4.45. The predicted octanol–water partition coefficient (Wildman–Crippen LogP) is 3.08. The normalized spacial score (nSPS) is 10.8. The zero-order valence-corrected chi connectivity index (χ0v) is 19.4. The molecular formula is C23H22N4O5S. The lowest BCUT2D eigenvalue weighted by Crippen LogP contribution is -2.25. The molecule has 170 valence electrons. The molecule has 0 fully saturated rings. The highest BCUT2D eigenvalue weighted by molar-refractivity contribution is 7.19. The molecule has 0 saturated heterocycles. The first-order valence-electron chi connectivity index (χ1n) is 9.98. The molecule has 0 unspecified atom stereocenters. The Morgan fingerprint density at radius 1 is 1.06 bits per heavy atom. The number of nitrogens with one attached hydrogen (secondary N) is 1. The highest BCUT2D eigenvalue weighted by Gasteiger charge is 2.17. The van der Waals surface area contributed by atoms with E-state index >= 15 is 0 Å². The molecule has 2 heterocycles. The molecule has 0 aliphatic heterocycles. The fourth-order valence-electron chi connectivity index (χ4n) is 3.33. The fraction of sp³-hybridized carbons (Fsp3) is 0.217. The van der Waals surface area contributed by atoms with E-state index in [2.05, 4.69) is 15.4 Å². The number of carbonyl (C=O) groups excluding carboxylic acids is 1. The van der Waals surface area contributed by atoms with Gasteiger partial charge in [0.05, 0.1) is 33.6 Å². The standard InChI is InChI=1S/C23H22N4O5S/c1-13-6-5-7-14(8-13)22-26-27-19(28)11-16(25-23(27)33-22)12-24-21(29)15-9-17(30-2)20(32-4)18(10-15)31-3/h5-11H,12H2,1-4H3,(H,24,29). The molecule has 0 radical (unpaired) electrons. The van der Waals surface area contributed by atoms with Gasteiger partial charge in [-0.3, -0.25) is 9.59 Å². The number of amides is 1. The molecule has 9 nitrogen and oxygen atoms in total. The van der Waals surface area contributed by atoms with Crippen LogP contribution in [0.15, 0.2) is 47.3 Å². The zero-order valence-electron chi connectivity index (χ0n) is 18.5. The van der Waals surface area contributed by atoms with E-state index in [0.29, 0.717) is 38.5 Å². The van der Waals surface area contributed by atoms with Crippen LogP contribution in [0.4, 0.5) is 0 Å². The van der Waals surface area contributed by atoms with Crippen molar-refractivity contribution in [2.24, 2.45) is 0 Å². The second kappa shape index (κ2) is 9.29. The molecule has 2 aromatic heterocycles. The fourth-order valence-corrected chi connectivity index (χ4v) is 4.25. The van der Waals surface area contributed by atoms with E-state index in [1.807, 2.05) is 31.2 Å². The van der Waals surface area contributed by atoms with Gasteiger partial charge in [0.1, 0.15) is 5.01 Å². The van der Waals surface area contributed by atoms with Gasteiger partial charge >= 0.3 is 0 Å². The summed E-state index contributed by atoms with van der Waals surface area (Å²) in [6, 6.07) is 12.4. The number of aryl methyl sites for hydroxylation is 1. The van der Waals surface area contributed by atoms with Crippen molar-refractivity contribution in [2.45, 2.75) is 13.5 Å². The molecule has 10 heteroatoms. The minimum atomic E-state index is -0.374. The summed E-state index contributed by atoms with van der Waals surface area (Å²) in [5, 5.41) is 7.87. The van der Waals surface area contributed by atoms with Crippen LogP contribution in [0, 0.1) is 6.92 Å². The number of carbonyl (C=O) groups is 1. The van der Waals surface area contributed by atoms with Crippen LogP contribution < -0.4 is 25.1 Å². The SMILES string of the molecule is COc1cc(C(=O)NCc2cc(=O)n3nc(-c4cccc(C)c4)sc3n2)cc(OC)c1OC. The van der Waals surface area contributed by atoms with Gasteiger partial charge in [-0.25, -0.2) is 4.98 Å². The van der Waals surface area contributed by atoms with Gasteiger partial charge < -0.3 is 19.5 Å². The number of aromatic nitrogens is 3. The molecule has 0 spiro atoms. The Bertz CT molecular complexity index is 1370. The first-order valence-corrected chi connectivity index (χ1v) is 10.8. The molecule has 4 aromatic rings. The van der Waals surface area contributed by atoms with Gasteiger partial charge in [0.25, 0.3) is 11.5 Å². The Morgan fingerprint density at radius 3 is 2.42 bits per heavy atom. The highest BCUT2D eigenvalue weighted by Crippen LogP contribution is 2.38. The van der Waals surface area contributed by atoms with Gasteiger partial charge in [0, 0.05) is 17.2 Å². The van der Waals surface area contributed by atoms with Crippen LogP contribution >= 0.6 is 11.3 Å². The van der Waals surface area contributed by atoms with E-state index < -0.39 is 0 Å². The summed E-state index contributed by atoms with van der Waals surface area (Å²) in [6.45, 7) is 2.06. The van der Waals surface area contributed by atoms with Crippen molar-refractivity contribution < 1.29 is 19.0 Å². The first-order chi connectivity index (χ1) is 15.9. The molecule has 0 aliphatic carbocycles. The van der Waals surface area contributed by atoms with Gasteiger partial charge in [-0.05, 0) is 25.1 Å². The molecule has 4 rings (SSSR count).